The van der Waals surface area contributed by atoms with Gasteiger partial charge in [0.1, 0.15) is 5.82 Å². The third-order valence-electron chi connectivity index (χ3n) is 3.00. The van der Waals surface area contributed by atoms with Crippen molar-refractivity contribution >= 4 is 32.3 Å². The Kier molecular flexibility index (Phi) is 3.18. The lowest BCUT2D eigenvalue weighted by Crippen LogP contribution is -2.14. The zero-order chi connectivity index (χ0) is 15.2. The van der Waals surface area contributed by atoms with E-state index in [1.807, 2.05) is 13.8 Å². The molecule has 0 saturated heterocycles. The summed E-state index contributed by atoms with van der Waals surface area (Å²) in [6.07, 6.45) is 0. The van der Waals surface area contributed by atoms with E-state index in [9.17, 15) is 12.8 Å². The minimum atomic E-state index is -3.83. The van der Waals surface area contributed by atoms with Crippen molar-refractivity contribution in [1.29, 1.82) is 0 Å². The number of rotatable bonds is 3. The lowest BCUT2D eigenvalue weighted by atomic mass is 10.4. The van der Waals surface area contributed by atoms with Crippen molar-refractivity contribution in [2.24, 2.45) is 0 Å². The number of aryl methyl sites for hydroxylation is 2. The van der Waals surface area contributed by atoms with Gasteiger partial charge in [-0.1, -0.05) is 11.3 Å². The highest BCUT2D eigenvalue weighted by molar-refractivity contribution is 7.92. The van der Waals surface area contributed by atoms with Gasteiger partial charge in [0, 0.05) is 4.88 Å². The predicted octanol–water partition coefficient (Wildman–Crippen LogP) is 2.35. The van der Waals surface area contributed by atoms with Gasteiger partial charge in [-0.2, -0.15) is 4.98 Å². The molecule has 0 aliphatic heterocycles. The van der Waals surface area contributed by atoms with Gasteiger partial charge in [-0.05, 0) is 38.1 Å². The Morgan fingerprint density at radius 2 is 1.90 bits per heavy atom. The molecule has 110 valence electrons. The second-order valence-corrected chi connectivity index (χ2v) is 7.30. The van der Waals surface area contributed by atoms with Crippen LogP contribution in [0.25, 0.3) is 4.96 Å². The molecule has 3 rings (SSSR count). The van der Waals surface area contributed by atoms with Crippen LogP contribution in [0.15, 0.2) is 29.2 Å². The third kappa shape index (κ3) is 2.49. The molecule has 0 fully saturated rings. The Balaban J connectivity index is 1.95. The minimum absolute atomic E-state index is 0.00586. The molecule has 3 aromatic rings. The highest BCUT2D eigenvalue weighted by atomic mass is 32.2. The quantitative estimate of drug-likeness (QED) is 0.801. The molecule has 0 aliphatic carbocycles. The fourth-order valence-electron chi connectivity index (χ4n) is 1.78. The van der Waals surface area contributed by atoms with Gasteiger partial charge in [-0.25, -0.2) is 22.0 Å². The molecular weight excluding hydrogens is 315 g/mol. The summed E-state index contributed by atoms with van der Waals surface area (Å²) in [7, 11) is -3.83. The minimum Gasteiger partial charge on any atom is -0.246 e. The van der Waals surface area contributed by atoms with E-state index < -0.39 is 15.8 Å². The van der Waals surface area contributed by atoms with Crippen LogP contribution >= 0.6 is 11.3 Å². The Morgan fingerprint density at radius 1 is 1.24 bits per heavy atom. The van der Waals surface area contributed by atoms with Crippen molar-refractivity contribution < 1.29 is 12.8 Å². The smallest absolute Gasteiger partial charge is 0.246 e. The molecule has 21 heavy (non-hydrogen) atoms. The summed E-state index contributed by atoms with van der Waals surface area (Å²) in [5, 5.41) is 4.11. The summed E-state index contributed by atoms with van der Waals surface area (Å²) >= 11 is 1.43. The number of benzene rings is 1. The van der Waals surface area contributed by atoms with Gasteiger partial charge in [-0.3, -0.25) is 0 Å². The van der Waals surface area contributed by atoms with Gasteiger partial charge in [-0.15, -0.1) is 5.10 Å². The molecule has 0 aliphatic rings. The number of sulfonamides is 1. The summed E-state index contributed by atoms with van der Waals surface area (Å²) in [5.41, 5.74) is 0.912. The van der Waals surface area contributed by atoms with Crippen molar-refractivity contribution in [3.8, 4) is 0 Å². The number of fused-ring (bicyclic) bond motifs is 1. The van der Waals surface area contributed by atoms with Gasteiger partial charge < -0.3 is 0 Å². The second kappa shape index (κ2) is 4.78. The fourth-order valence-corrected chi connectivity index (χ4v) is 3.62. The number of thiazole rings is 1. The van der Waals surface area contributed by atoms with Crippen molar-refractivity contribution in [3.63, 3.8) is 0 Å². The molecule has 0 bridgehead atoms. The lowest BCUT2D eigenvalue weighted by molar-refractivity contribution is 0.599. The molecule has 0 atom stereocenters. The first-order valence-electron chi connectivity index (χ1n) is 5.98. The van der Waals surface area contributed by atoms with Gasteiger partial charge >= 0.3 is 0 Å². The van der Waals surface area contributed by atoms with Crippen LogP contribution < -0.4 is 4.72 Å². The molecule has 0 unspecified atom stereocenters. The van der Waals surface area contributed by atoms with E-state index in [4.69, 9.17) is 0 Å². The molecule has 6 nitrogen and oxygen atoms in total. The van der Waals surface area contributed by atoms with Crippen LogP contribution in [0.1, 0.15) is 10.6 Å². The van der Waals surface area contributed by atoms with Crippen LogP contribution in [0, 0.1) is 19.7 Å². The van der Waals surface area contributed by atoms with E-state index in [2.05, 4.69) is 14.8 Å². The maximum absolute atomic E-state index is 12.8. The number of halogens is 1. The molecule has 0 saturated carbocycles. The van der Waals surface area contributed by atoms with Crippen LogP contribution in [0.4, 0.5) is 10.3 Å². The van der Waals surface area contributed by atoms with E-state index >= 15 is 0 Å². The summed E-state index contributed by atoms with van der Waals surface area (Å²) in [5.74, 6) is -0.505. The van der Waals surface area contributed by atoms with Crippen molar-refractivity contribution in [2.45, 2.75) is 18.7 Å². The standard InChI is InChI=1S/C12H11FN4O2S2/c1-7-8(2)20-12-14-11(15-17(7)12)16-21(18,19)10-5-3-9(13)4-6-10/h3-6H,1-2H3,(H,15,16). The van der Waals surface area contributed by atoms with Crippen molar-refractivity contribution in [3.05, 3.63) is 40.7 Å². The van der Waals surface area contributed by atoms with E-state index in [1.54, 1.807) is 4.52 Å². The van der Waals surface area contributed by atoms with Gasteiger partial charge in [0.05, 0.1) is 10.6 Å². The van der Waals surface area contributed by atoms with Crippen molar-refractivity contribution in [1.82, 2.24) is 14.6 Å². The fraction of sp³-hybridized carbons (Fsp3) is 0.167. The molecule has 1 N–H and O–H groups in total. The van der Waals surface area contributed by atoms with Crippen LogP contribution in [-0.2, 0) is 10.0 Å². The normalized spacial score (nSPS) is 12.0. The molecule has 1 aromatic carbocycles. The molecular formula is C12H11FN4O2S2. The van der Waals surface area contributed by atoms with Gasteiger partial charge in [0.25, 0.3) is 16.0 Å². The van der Waals surface area contributed by atoms with E-state index in [-0.39, 0.29) is 10.8 Å². The first-order valence-corrected chi connectivity index (χ1v) is 8.28. The third-order valence-corrected chi connectivity index (χ3v) is 5.39. The largest absolute Gasteiger partial charge is 0.264 e. The summed E-state index contributed by atoms with van der Waals surface area (Å²) in [6.45, 7) is 3.82. The van der Waals surface area contributed by atoms with Crippen LogP contribution in [0.3, 0.4) is 0 Å². The zero-order valence-electron chi connectivity index (χ0n) is 11.2. The summed E-state index contributed by atoms with van der Waals surface area (Å²) < 4.78 is 41.0. The molecule has 0 amide bonds. The van der Waals surface area contributed by atoms with Gasteiger partial charge in [0.2, 0.25) is 4.96 Å². The Bertz CT molecular complexity index is 913. The summed E-state index contributed by atoms with van der Waals surface area (Å²) in [6, 6.07) is 4.54. The Morgan fingerprint density at radius 3 is 2.52 bits per heavy atom. The Hall–Kier alpha value is -2.00. The van der Waals surface area contributed by atoms with Gasteiger partial charge in [0.15, 0.2) is 0 Å². The average Bonchev–Trinajstić information content (AvgIpc) is 2.90. The number of hydrogen-bond donors (Lipinski definition) is 1. The zero-order valence-corrected chi connectivity index (χ0v) is 12.8. The first kappa shape index (κ1) is 14.0. The molecule has 2 heterocycles. The van der Waals surface area contributed by atoms with Crippen molar-refractivity contribution in [2.75, 3.05) is 4.72 Å². The van der Waals surface area contributed by atoms with Crippen LogP contribution in [-0.4, -0.2) is 23.0 Å². The topological polar surface area (TPSA) is 76.4 Å². The molecule has 0 radical (unpaired) electrons. The first-order chi connectivity index (χ1) is 9.87. The maximum Gasteiger partial charge on any atom is 0.264 e. The number of aromatic nitrogens is 3. The number of anilines is 1. The van der Waals surface area contributed by atoms with Crippen LogP contribution in [0.2, 0.25) is 0 Å². The predicted molar refractivity (Wildman–Crippen MR) is 77.5 cm³/mol. The Labute approximate surface area is 124 Å². The maximum atomic E-state index is 12.8. The molecule has 0 spiro atoms. The number of hydrogen-bond acceptors (Lipinski definition) is 5. The number of nitrogens with zero attached hydrogens (tertiary/aromatic N) is 3. The van der Waals surface area contributed by atoms with E-state index in [0.29, 0.717) is 4.96 Å². The molecule has 9 heteroatoms. The molecule has 2 aromatic heterocycles. The number of nitrogens with one attached hydrogen (secondary N) is 1. The van der Waals surface area contributed by atoms with E-state index in [0.717, 1.165) is 22.7 Å². The SMILES string of the molecule is Cc1sc2nc(NS(=O)(=O)c3ccc(F)cc3)nn2c1C. The highest BCUT2D eigenvalue weighted by Crippen LogP contribution is 2.22. The van der Waals surface area contributed by atoms with E-state index in [1.165, 1.54) is 23.5 Å². The second-order valence-electron chi connectivity index (χ2n) is 4.43. The average molecular weight is 326 g/mol. The summed E-state index contributed by atoms with van der Waals surface area (Å²) in [4.78, 5) is 5.76. The lowest BCUT2D eigenvalue weighted by Gasteiger charge is -2.03. The monoisotopic (exact) mass is 326 g/mol. The highest BCUT2D eigenvalue weighted by Gasteiger charge is 2.18. The van der Waals surface area contributed by atoms with Crippen LogP contribution in [0.5, 0.6) is 0 Å².